The molecule has 0 aliphatic heterocycles. The van der Waals surface area contributed by atoms with Crippen molar-refractivity contribution >= 4 is 23.5 Å². The largest absolute Gasteiger partial charge is 0.497 e. The van der Waals surface area contributed by atoms with Gasteiger partial charge in [0, 0.05) is 24.1 Å². The summed E-state index contributed by atoms with van der Waals surface area (Å²) in [5, 5.41) is 32.2. The van der Waals surface area contributed by atoms with Crippen molar-refractivity contribution in [3.63, 3.8) is 0 Å². The molecule has 0 fully saturated rings. The van der Waals surface area contributed by atoms with Gasteiger partial charge in [-0.25, -0.2) is 9.59 Å². The number of ether oxygens (including phenoxy) is 2. The van der Waals surface area contributed by atoms with Gasteiger partial charge in [-0.05, 0) is 23.8 Å². The molecule has 0 aliphatic rings. The van der Waals surface area contributed by atoms with Gasteiger partial charge in [-0.2, -0.15) is 22.0 Å². The van der Waals surface area contributed by atoms with Crippen molar-refractivity contribution in [2.45, 2.75) is 24.1 Å². The van der Waals surface area contributed by atoms with Crippen molar-refractivity contribution in [3.05, 3.63) is 63.7 Å². The fraction of sp³-hybridized carbons (Fsp3) is 0.286. The van der Waals surface area contributed by atoms with Crippen molar-refractivity contribution in [1.29, 1.82) is 0 Å². The highest BCUT2D eigenvalue weighted by atomic mass is 19.4. The van der Waals surface area contributed by atoms with Crippen LogP contribution < -0.4 is 14.8 Å². The van der Waals surface area contributed by atoms with Crippen LogP contribution in [0.2, 0.25) is 0 Å². The van der Waals surface area contributed by atoms with Crippen molar-refractivity contribution in [2.75, 3.05) is 13.7 Å². The maximum Gasteiger partial charge on any atom is 0.456 e. The molecule has 1 amide bonds. The average Bonchev–Trinajstić information content (AvgIpc) is 2.81. The number of carboxylic acids is 2. The second-order valence-corrected chi connectivity index (χ2v) is 7.43. The Morgan fingerprint density at radius 2 is 1.57 bits per heavy atom. The molecule has 11 nitrogen and oxygen atoms in total. The van der Waals surface area contributed by atoms with E-state index >= 15 is 0 Å². The summed E-state index contributed by atoms with van der Waals surface area (Å²) in [6.45, 7) is -2.37. The molecule has 2 rings (SSSR count). The summed E-state index contributed by atoms with van der Waals surface area (Å²) in [6.07, 6.45) is -6.83. The number of halogens is 5. The van der Waals surface area contributed by atoms with Crippen LogP contribution in [0.5, 0.6) is 11.5 Å². The molecule has 3 N–H and O–H groups in total. The topological polar surface area (TPSA) is 165 Å². The Labute approximate surface area is 203 Å². The van der Waals surface area contributed by atoms with Crippen LogP contribution in [-0.2, 0) is 16.0 Å². The number of rotatable bonds is 11. The lowest BCUT2D eigenvalue weighted by molar-refractivity contribution is -0.386. The van der Waals surface area contributed by atoms with E-state index in [2.05, 4.69) is 4.74 Å². The lowest BCUT2D eigenvalue weighted by Crippen LogP contribution is -2.61. The Bertz CT molecular complexity index is 1190. The SMILES string of the molecule is COc1ccc(CC(NC(=O)c2ccc([N+](=O)[O-])c(OCC(F)(F)C(F)(F)F)c2)(C(=O)O)C(=O)O)cc1. The molecular weight excluding hydrogens is 519 g/mol. The number of alkyl halides is 5. The van der Waals surface area contributed by atoms with E-state index < -0.39 is 70.4 Å². The zero-order valence-corrected chi connectivity index (χ0v) is 18.5. The monoisotopic (exact) mass is 536 g/mol. The number of carboxylic acid groups (broad SMARTS) is 2. The van der Waals surface area contributed by atoms with Crippen LogP contribution in [0.1, 0.15) is 15.9 Å². The van der Waals surface area contributed by atoms with E-state index in [9.17, 15) is 56.7 Å². The Kier molecular flexibility index (Phi) is 8.26. The minimum absolute atomic E-state index is 0.132. The number of nitro groups is 1. The normalized spacial score (nSPS) is 11.9. The first-order valence-corrected chi connectivity index (χ1v) is 9.82. The molecule has 0 heterocycles. The molecule has 0 radical (unpaired) electrons. The molecule has 16 heteroatoms. The number of nitro benzene ring substituents is 1. The highest BCUT2D eigenvalue weighted by Gasteiger charge is 2.58. The van der Waals surface area contributed by atoms with Gasteiger partial charge < -0.3 is 25.0 Å². The van der Waals surface area contributed by atoms with Crippen molar-refractivity contribution in [3.8, 4) is 11.5 Å². The fourth-order valence-electron chi connectivity index (χ4n) is 2.88. The van der Waals surface area contributed by atoms with Gasteiger partial charge in [-0.3, -0.25) is 14.9 Å². The minimum atomic E-state index is -6.04. The van der Waals surface area contributed by atoms with Crippen molar-refractivity contribution in [2.24, 2.45) is 0 Å². The van der Waals surface area contributed by atoms with E-state index in [0.717, 1.165) is 0 Å². The third-order valence-electron chi connectivity index (χ3n) is 4.93. The summed E-state index contributed by atoms with van der Waals surface area (Å²) in [7, 11) is 1.35. The van der Waals surface area contributed by atoms with Crippen LogP contribution in [0, 0.1) is 10.1 Å². The smallest absolute Gasteiger partial charge is 0.456 e. The maximum atomic E-state index is 13.2. The molecule has 200 valence electrons. The minimum Gasteiger partial charge on any atom is -0.497 e. The molecule has 0 atom stereocenters. The second-order valence-electron chi connectivity index (χ2n) is 7.43. The van der Waals surface area contributed by atoms with E-state index in [-0.39, 0.29) is 5.56 Å². The Morgan fingerprint density at radius 1 is 1.00 bits per heavy atom. The third kappa shape index (κ3) is 6.39. The van der Waals surface area contributed by atoms with E-state index in [1.807, 2.05) is 0 Å². The van der Waals surface area contributed by atoms with Crippen molar-refractivity contribution in [1.82, 2.24) is 5.32 Å². The lowest BCUT2D eigenvalue weighted by Gasteiger charge is -2.26. The molecule has 37 heavy (non-hydrogen) atoms. The Morgan fingerprint density at radius 3 is 2.03 bits per heavy atom. The quantitative estimate of drug-likeness (QED) is 0.169. The number of methoxy groups -OCH3 is 1. The van der Waals surface area contributed by atoms with E-state index in [4.69, 9.17) is 4.74 Å². The number of amides is 1. The molecule has 0 aliphatic carbocycles. The first kappa shape index (κ1) is 28.7. The number of aliphatic carboxylic acids is 2. The summed E-state index contributed by atoms with van der Waals surface area (Å²) >= 11 is 0. The molecule has 0 aromatic heterocycles. The molecular formula is C21H17F5N2O9. The average molecular weight is 536 g/mol. The molecule has 0 spiro atoms. The number of hydrogen-bond donors (Lipinski definition) is 3. The standard InChI is InChI=1S/C21H17F5N2O9/c1-36-13-5-2-11(3-6-13)9-19(17(30)31,18(32)33)27-16(29)12-4-7-14(28(34)35)15(8-12)37-10-20(22,23)21(24,25)26/h2-8H,9-10H2,1H3,(H,27,29)(H,30,31)(H,32,33). The van der Waals surface area contributed by atoms with Gasteiger partial charge in [0.05, 0.1) is 12.0 Å². The number of carbonyl (C=O) groups is 3. The summed E-state index contributed by atoms with van der Waals surface area (Å²) in [5.41, 5.74) is -4.65. The Hall–Kier alpha value is -4.50. The van der Waals surface area contributed by atoms with Gasteiger partial charge in [0.15, 0.2) is 12.4 Å². The predicted octanol–water partition coefficient (Wildman–Crippen LogP) is 3.06. The summed E-state index contributed by atoms with van der Waals surface area (Å²) in [4.78, 5) is 46.6. The highest BCUT2D eigenvalue weighted by molar-refractivity contribution is 6.09. The second kappa shape index (κ2) is 10.6. The number of benzene rings is 2. The molecule has 2 aromatic rings. The van der Waals surface area contributed by atoms with Crippen LogP contribution in [0.3, 0.4) is 0 Å². The van der Waals surface area contributed by atoms with Crippen molar-refractivity contribution < 1.29 is 60.9 Å². The van der Waals surface area contributed by atoms with Gasteiger partial charge in [-0.1, -0.05) is 12.1 Å². The van der Waals surface area contributed by atoms with E-state index in [1.54, 1.807) is 5.32 Å². The van der Waals surface area contributed by atoms with Gasteiger partial charge in [0.25, 0.3) is 5.91 Å². The number of nitrogens with one attached hydrogen (secondary N) is 1. The maximum absolute atomic E-state index is 13.2. The molecule has 0 saturated carbocycles. The first-order valence-electron chi connectivity index (χ1n) is 9.82. The first-order chi connectivity index (χ1) is 17.0. The Balaban J connectivity index is 2.42. The zero-order chi connectivity index (χ0) is 28.2. The van der Waals surface area contributed by atoms with Gasteiger partial charge >= 0.3 is 29.7 Å². The van der Waals surface area contributed by atoms with Gasteiger partial charge in [0.2, 0.25) is 5.54 Å². The van der Waals surface area contributed by atoms with Gasteiger partial charge in [-0.15, -0.1) is 0 Å². The zero-order valence-electron chi connectivity index (χ0n) is 18.5. The molecule has 0 saturated heterocycles. The highest BCUT2D eigenvalue weighted by Crippen LogP contribution is 2.37. The number of nitrogens with zero attached hydrogens (tertiary/aromatic N) is 1. The lowest BCUT2D eigenvalue weighted by atomic mass is 9.90. The number of carbonyl (C=O) groups excluding carboxylic acids is 1. The molecule has 0 unspecified atom stereocenters. The summed E-state index contributed by atoms with van der Waals surface area (Å²) in [5.74, 6) is -11.7. The van der Waals surface area contributed by atoms with Crippen LogP contribution in [0.15, 0.2) is 42.5 Å². The third-order valence-corrected chi connectivity index (χ3v) is 4.93. The summed E-state index contributed by atoms with van der Waals surface area (Å²) < 4.78 is 72.9. The molecule has 0 bridgehead atoms. The summed E-state index contributed by atoms with van der Waals surface area (Å²) in [6, 6.07) is 7.06. The van der Waals surface area contributed by atoms with Crippen LogP contribution in [0.25, 0.3) is 0 Å². The predicted molar refractivity (Wildman–Crippen MR) is 112 cm³/mol. The molecule has 2 aromatic carbocycles. The fourth-order valence-corrected chi connectivity index (χ4v) is 2.88. The van der Waals surface area contributed by atoms with Crippen LogP contribution in [-0.4, -0.2) is 64.3 Å². The van der Waals surface area contributed by atoms with E-state index in [0.29, 0.717) is 23.9 Å². The van der Waals surface area contributed by atoms with Crippen LogP contribution >= 0.6 is 0 Å². The van der Waals surface area contributed by atoms with Crippen LogP contribution in [0.4, 0.5) is 27.6 Å². The van der Waals surface area contributed by atoms with E-state index in [1.165, 1.54) is 31.4 Å². The van der Waals surface area contributed by atoms with Gasteiger partial charge in [0.1, 0.15) is 5.75 Å². The number of hydrogen-bond acceptors (Lipinski definition) is 7.